The largest absolute Gasteiger partial charge is 0.405 e. The molecule has 0 radical (unpaired) electrons. The molecule has 0 atom stereocenters. The summed E-state index contributed by atoms with van der Waals surface area (Å²) in [5.74, 6) is 0.211. The smallest absolute Gasteiger partial charge is 0.157 e. The number of nitrogens with two attached hydrogens (primary N) is 1. The average molecular weight is 234 g/mol. The van der Waals surface area contributed by atoms with Gasteiger partial charge in [-0.1, -0.05) is 26.0 Å². The third kappa shape index (κ3) is 5.38. The molecule has 0 fully saturated rings. The number of carbonyl (C=O) groups is 1. The summed E-state index contributed by atoms with van der Waals surface area (Å²) in [6.45, 7) is 4.24. The van der Waals surface area contributed by atoms with Crippen LogP contribution in [0.15, 0.2) is 36.3 Å². The first kappa shape index (κ1) is 13.6. The van der Waals surface area contributed by atoms with Crippen LogP contribution >= 0.6 is 0 Å². The van der Waals surface area contributed by atoms with Crippen molar-refractivity contribution in [1.29, 1.82) is 0 Å². The van der Waals surface area contributed by atoms with E-state index in [4.69, 9.17) is 5.73 Å². The molecule has 3 N–H and O–H groups in total. The number of rotatable bonds is 5. The lowest BCUT2D eigenvalue weighted by molar-refractivity contribution is -0.117. The van der Waals surface area contributed by atoms with Gasteiger partial charge in [-0.2, -0.15) is 0 Å². The summed E-state index contributed by atoms with van der Waals surface area (Å²) in [5, 5.41) is 3.19. The van der Waals surface area contributed by atoms with Crippen molar-refractivity contribution < 1.29 is 4.79 Å². The molecule has 3 heteroatoms. The lowest BCUT2D eigenvalue weighted by Crippen LogP contribution is -2.25. The Morgan fingerprint density at radius 2 is 2.06 bits per heavy atom. The van der Waals surface area contributed by atoms with E-state index in [2.05, 4.69) is 19.2 Å². The maximum Gasteiger partial charge on any atom is 0.157 e. The van der Waals surface area contributed by atoms with Crippen LogP contribution in [-0.4, -0.2) is 5.78 Å². The molecule has 94 valence electrons. The summed E-state index contributed by atoms with van der Waals surface area (Å²) in [6.07, 6.45) is 12.6. The van der Waals surface area contributed by atoms with Gasteiger partial charge >= 0.3 is 0 Å². The number of hydrogen-bond donors (Lipinski definition) is 2. The number of carbonyl (C=O) groups excluding carboxylic acids is 1. The van der Waals surface area contributed by atoms with Crippen molar-refractivity contribution in [3.63, 3.8) is 0 Å². The molecular weight excluding hydrogens is 212 g/mol. The Bertz CT molecular complexity index is 351. The minimum atomic E-state index is 0.0737. The quantitative estimate of drug-likeness (QED) is 0.719. The highest BCUT2D eigenvalue weighted by atomic mass is 16.1. The Labute approximate surface area is 103 Å². The van der Waals surface area contributed by atoms with Gasteiger partial charge in [0.2, 0.25) is 0 Å². The molecule has 0 bridgehead atoms. The zero-order valence-electron chi connectivity index (χ0n) is 10.7. The van der Waals surface area contributed by atoms with Gasteiger partial charge in [0, 0.05) is 18.2 Å². The summed E-state index contributed by atoms with van der Waals surface area (Å²) in [5.41, 5.74) is 6.32. The number of nitrogens with one attached hydrogen (secondary N) is 1. The van der Waals surface area contributed by atoms with Crippen LogP contribution in [0.1, 0.15) is 39.5 Å². The molecule has 0 amide bonds. The van der Waals surface area contributed by atoms with Gasteiger partial charge in [-0.15, -0.1) is 0 Å². The standard InChI is InChI=1S/C14H22N2O/c1-14(2)10-12(9-13(17)11-14)16-8-6-4-3-5-7-15/h5-9,16H,3-4,10-11,15H2,1-2H3/b7-5+,8-6+. The van der Waals surface area contributed by atoms with Crippen LogP contribution < -0.4 is 11.1 Å². The Morgan fingerprint density at radius 3 is 2.71 bits per heavy atom. The SMILES string of the molecule is CC1(C)CC(=O)C=C(N/C=C/CC/C=C/N)C1. The molecule has 3 nitrogen and oxygen atoms in total. The lowest BCUT2D eigenvalue weighted by Gasteiger charge is -2.28. The summed E-state index contributed by atoms with van der Waals surface area (Å²) >= 11 is 0. The van der Waals surface area contributed by atoms with E-state index >= 15 is 0 Å². The molecule has 1 rings (SSSR count). The maximum absolute atomic E-state index is 11.5. The fourth-order valence-electron chi connectivity index (χ4n) is 1.98. The van der Waals surface area contributed by atoms with Crippen LogP contribution in [0.4, 0.5) is 0 Å². The van der Waals surface area contributed by atoms with Gasteiger partial charge in [0.25, 0.3) is 0 Å². The van der Waals surface area contributed by atoms with Crippen molar-refractivity contribution >= 4 is 5.78 Å². The highest BCUT2D eigenvalue weighted by Crippen LogP contribution is 2.32. The predicted octanol–water partition coefficient (Wildman–Crippen LogP) is 2.62. The second kappa shape index (κ2) is 6.28. The minimum Gasteiger partial charge on any atom is -0.405 e. The zero-order chi connectivity index (χ0) is 12.7. The van der Waals surface area contributed by atoms with Gasteiger partial charge in [0.15, 0.2) is 5.78 Å². The number of ketones is 1. The summed E-state index contributed by atoms with van der Waals surface area (Å²) in [4.78, 5) is 11.5. The van der Waals surface area contributed by atoms with E-state index in [1.807, 2.05) is 18.4 Å². The Hall–Kier alpha value is -1.51. The average Bonchev–Trinajstić information content (AvgIpc) is 2.20. The van der Waals surface area contributed by atoms with Crippen LogP contribution in [0.5, 0.6) is 0 Å². The monoisotopic (exact) mass is 234 g/mol. The first-order valence-corrected chi connectivity index (χ1v) is 6.05. The fourth-order valence-corrected chi connectivity index (χ4v) is 1.98. The Kier molecular flexibility index (Phi) is 5.01. The second-order valence-corrected chi connectivity index (χ2v) is 5.21. The van der Waals surface area contributed by atoms with Crippen molar-refractivity contribution in [1.82, 2.24) is 5.32 Å². The van der Waals surface area contributed by atoms with E-state index in [1.165, 1.54) is 0 Å². The molecule has 0 aliphatic heterocycles. The van der Waals surface area contributed by atoms with Crippen LogP contribution in [0.25, 0.3) is 0 Å². The molecule has 0 aromatic carbocycles. The van der Waals surface area contributed by atoms with Gasteiger partial charge < -0.3 is 11.1 Å². The van der Waals surface area contributed by atoms with Crippen LogP contribution in [0.2, 0.25) is 0 Å². The molecule has 0 unspecified atom stereocenters. The van der Waals surface area contributed by atoms with Crippen LogP contribution in [0, 0.1) is 5.41 Å². The maximum atomic E-state index is 11.5. The summed E-state index contributed by atoms with van der Waals surface area (Å²) in [6, 6.07) is 0. The third-order valence-corrected chi connectivity index (χ3v) is 2.68. The van der Waals surface area contributed by atoms with Crippen molar-refractivity contribution in [2.75, 3.05) is 0 Å². The molecule has 0 aromatic heterocycles. The Balaban J connectivity index is 2.39. The first-order valence-electron chi connectivity index (χ1n) is 6.05. The molecule has 0 aromatic rings. The predicted molar refractivity (Wildman–Crippen MR) is 70.9 cm³/mol. The van der Waals surface area contributed by atoms with Crippen LogP contribution in [-0.2, 0) is 4.79 Å². The summed E-state index contributed by atoms with van der Waals surface area (Å²) in [7, 11) is 0. The van der Waals surface area contributed by atoms with E-state index < -0.39 is 0 Å². The van der Waals surface area contributed by atoms with E-state index in [0.717, 1.165) is 25.0 Å². The van der Waals surface area contributed by atoms with Crippen LogP contribution in [0.3, 0.4) is 0 Å². The lowest BCUT2D eigenvalue weighted by atomic mass is 9.79. The van der Waals surface area contributed by atoms with Crippen molar-refractivity contribution in [3.8, 4) is 0 Å². The Morgan fingerprint density at radius 1 is 1.35 bits per heavy atom. The molecule has 17 heavy (non-hydrogen) atoms. The summed E-state index contributed by atoms with van der Waals surface area (Å²) < 4.78 is 0. The van der Waals surface area contributed by atoms with Crippen molar-refractivity contribution in [2.45, 2.75) is 39.5 Å². The topological polar surface area (TPSA) is 55.1 Å². The molecule has 1 aliphatic carbocycles. The van der Waals surface area contributed by atoms with E-state index in [1.54, 1.807) is 12.3 Å². The fraction of sp³-hybridized carbons (Fsp3) is 0.500. The van der Waals surface area contributed by atoms with Gasteiger partial charge in [-0.3, -0.25) is 4.79 Å². The molecule has 1 aliphatic rings. The molecule has 0 saturated heterocycles. The molecule has 0 heterocycles. The number of allylic oxidation sites excluding steroid dienone is 4. The molecule has 0 saturated carbocycles. The third-order valence-electron chi connectivity index (χ3n) is 2.68. The van der Waals surface area contributed by atoms with Gasteiger partial charge in [-0.05, 0) is 37.1 Å². The number of unbranched alkanes of at least 4 members (excludes halogenated alkanes) is 1. The van der Waals surface area contributed by atoms with Gasteiger partial charge in [0.1, 0.15) is 0 Å². The van der Waals surface area contributed by atoms with E-state index in [9.17, 15) is 4.79 Å². The molecule has 0 spiro atoms. The molecular formula is C14H22N2O. The second-order valence-electron chi connectivity index (χ2n) is 5.21. The highest BCUT2D eigenvalue weighted by molar-refractivity contribution is 5.91. The normalized spacial score (nSPS) is 19.9. The zero-order valence-corrected chi connectivity index (χ0v) is 10.7. The highest BCUT2D eigenvalue weighted by Gasteiger charge is 2.26. The minimum absolute atomic E-state index is 0.0737. The van der Waals surface area contributed by atoms with Gasteiger partial charge in [-0.25, -0.2) is 0 Å². The van der Waals surface area contributed by atoms with Crippen molar-refractivity contribution in [2.24, 2.45) is 11.1 Å². The van der Waals surface area contributed by atoms with E-state index in [0.29, 0.717) is 6.42 Å². The van der Waals surface area contributed by atoms with Gasteiger partial charge in [0.05, 0.1) is 0 Å². The first-order chi connectivity index (χ1) is 8.03. The van der Waals surface area contributed by atoms with Crippen molar-refractivity contribution in [3.05, 3.63) is 36.3 Å². The van der Waals surface area contributed by atoms with E-state index in [-0.39, 0.29) is 11.2 Å². The number of hydrogen-bond acceptors (Lipinski definition) is 3.